The molecule has 4 N–H and O–H groups in total. The van der Waals surface area contributed by atoms with Crippen molar-refractivity contribution in [1.82, 2.24) is 10.6 Å². The van der Waals surface area contributed by atoms with E-state index < -0.39 is 0 Å². The van der Waals surface area contributed by atoms with Gasteiger partial charge in [-0.15, -0.1) is 0 Å². The van der Waals surface area contributed by atoms with Crippen molar-refractivity contribution in [2.24, 2.45) is 5.73 Å². The summed E-state index contributed by atoms with van der Waals surface area (Å²) in [5, 5.41) is 6.98. The number of hydrogen-bond donors (Lipinski definition) is 3. The summed E-state index contributed by atoms with van der Waals surface area (Å²) in [5.74, 6) is 0. The Kier molecular flexibility index (Phi) is 7.14. The second-order valence-corrected chi connectivity index (χ2v) is 8.20. The van der Waals surface area contributed by atoms with Crippen LogP contribution in [0.3, 0.4) is 0 Å². The maximum Gasteiger partial charge on any atom is 0.0598 e. The fourth-order valence-corrected chi connectivity index (χ4v) is 4.98. The van der Waals surface area contributed by atoms with Crippen LogP contribution in [-0.2, 0) is 5.41 Å². The topological polar surface area (TPSA) is 50.1 Å². The summed E-state index contributed by atoms with van der Waals surface area (Å²) >= 11 is 0. The van der Waals surface area contributed by atoms with E-state index >= 15 is 0 Å². The zero-order valence-electron chi connectivity index (χ0n) is 17.7. The number of rotatable bonds is 11. The molecule has 0 spiro atoms. The molecule has 1 aromatic carbocycles. The standard InChI is InChI=1S/C25H37N3/c1-4-20(27-3)15-18-28-17-10-9-16-25(19(2)26)23-13-7-5-11-21(23)22-12-6-8-14-24(22)25/h5,7-8,11,13-14,20,27-28H,2,4,6,9-10,12,15-18,26H2,1,3H3. The number of hydrogen-bond acceptors (Lipinski definition) is 3. The van der Waals surface area contributed by atoms with E-state index in [1.807, 2.05) is 0 Å². The van der Waals surface area contributed by atoms with Crippen LogP contribution in [0.15, 0.2) is 54.3 Å². The van der Waals surface area contributed by atoms with E-state index in [1.165, 1.54) is 41.5 Å². The van der Waals surface area contributed by atoms with Gasteiger partial charge >= 0.3 is 0 Å². The van der Waals surface area contributed by atoms with Crippen LogP contribution in [0.5, 0.6) is 0 Å². The number of allylic oxidation sites excluding steroid dienone is 4. The van der Waals surface area contributed by atoms with Crippen molar-refractivity contribution in [3.63, 3.8) is 0 Å². The van der Waals surface area contributed by atoms with Crippen molar-refractivity contribution in [3.8, 4) is 0 Å². The van der Waals surface area contributed by atoms with Gasteiger partial charge in [0.1, 0.15) is 0 Å². The van der Waals surface area contributed by atoms with Gasteiger partial charge in [-0.3, -0.25) is 0 Å². The SMILES string of the molecule is C=C(N)C1(CCCCNCCC(CC)NC)C2=C(CCC=C2)c2ccccc21. The van der Waals surface area contributed by atoms with Crippen LogP contribution in [0.1, 0.15) is 63.0 Å². The van der Waals surface area contributed by atoms with Crippen LogP contribution in [0, 0.1) is 0 Å². The first-order valence-corrected chi connectivity index (χ1v) is 11.0. The minimum absolute atomic E-state index is 0.206. The van der Waals surface area contributed by atoms with Crippen LogP contribution in [0.2, 0.25) is 0 Å². The average molecular weight is 380 g/mol. The third-order valence-electron chi connectivity index (χ3n) is 6.62. The van der Waals surface area contributed by atoms with Crippen LogP contribution >= 0.6 is 0 Å². The quantitative estimate of drug-likeness (QED) is 0.490. The smallest absolute Gasteiger partial charge is 0.0598 e. The summed E-state index contributed by atoms with van der Waals surface area (Å²) in [6, 6.07) is 9.44. The van der Waals surface area contributed by atoms with Crippen LogP contribution in [-0.4, -0.2) is 26.2 Å². The molecule has 2 atom stereocenters. The molecule has 152 valence electrons. The van der Waals surface area contributed by atoms with Gasteiger partial charge in [0.05, 0.1) is 5.41 Å². The summed E-state index contributed by atoms with van der Waals surface area (Å²) in [5.41, 5.74) is 12.7. The summed E-state index contributed by atoms with van der Waals surface area (Å²) in [4.78, 5) is 0. The van der Waals surface area contributed by atoms with Gasteiger partial charge in [-0.05, 0) is 80.9 Å². The van der Waals surface area contributed by atoms with Gasteiger partial charge < -0.3 is 16.4 Å². The van der Waals surface area contributed by atoms with Crippen LogP contribution in [0.4, 0.5) is 0 Å². The van der Waals surface area contributed by atoms with Crippen LogP contribution < -0.4 is 16.4 Å². The Morgan fingerprint density at radius 1 is 1.25 bits per heavy atom. The molecule has 2 aliphatic carbocycles. The van der Waals surface area contributed by atoms with Crippen molar-refractivity contribution >= 4 is 5.57 Å². The van der Waals surface area contributed by atoms with Gasteiger partial charge in [-0.25, -0.2) is 0 Å². The lowest BCUT2D eigenvalue weighted by Crippen LogP contribution is -2.33. The lowest BCUT2D eigenvalue weighted by molar-refractivity contribution is 0.468. The first kappa shape index (κ1) is 20.9. The molecule has 0 saturated carbocycles. The second kappa shape index (κ2) is 9.58. The minimum Gasteiger partial charge on any atom is -0.402 e. The zero-order valence-corrected chi connectivity index (χ0v) is 17.7. The van der Waals surface area contributed by atoms with Gasteiger partial charge in [0.15, 0.2) is 0 Å². The number of benzene rings is 1. The van der Waals surface area contributed by atoms with E-state index in [4.69, 9.17) is 5.73 Å². The monoisotopic (exact) mass is 379 g/mol. The largest absolute Gasteiger partial charge is 0.402 e. The van der Waals surface area contributed by atoms with Gasteiger partial charge in [-0.1, -0.05) is 56.3 Å². The minimum atomic E-state index is -0.206. The van der Waals surface area contributed by atoms with E-state index in [0.717, 1.165) is 44.5 Å². The Morgan fingerprint density at radius 3 is 2.82 bits per heavy atom. The average Bonchev–Trinajstić information content (AvgIpc) is 3.01. The van der Waals surface area contributed by atoms with E-state index in [2.05, 4.69) is 67.6 Å². The summed E-state index contributed by atoms with van der Waals surface area (Å²) in [7, 11) is 2.05. The fraction of sp³-hybridized carbons (Fsp3) is 0.520. The fourth-order valence-electron chi connectivity index (χ4n) is 4.98. The molecule has 0 heterocycles. The van der Waals surface area contributed by atoms with Gasteiger partial charge in [0, 0.05) is 11.7 Å². The predicted octanol–water partition coefficient (Wildman–Crippen LogP) is 4.66. The highest BCUT2D eigenvalue weighted by atomic mass is 14.9. The highest BCUT2D eigenvalue weighted by Crippen LogP contribution is 2.54. The van der Waals surface area contributed by atoms with E-state index in [1.54, 1.807) is 0 Å². The normalized spacial score (nSPS) is 21.5. The maximum atomic E-state index is 6.50. The Bertz CT molecular complexity index is 742. The first-order valence-electron chi connectivity index (χ1n) is 11.0. The first-order chi connectivity index (χ1) is 13.6. The van der Waals surface area contributed by atoms with Gasteiger partial charge in [0.25, 0.3) is 0 Å². The van der Waals surface area contributed by atoms with Gasteiger partial charge in [0.2, 0.25) is 0 Å². The number of fused-ring (bicyclic) bond motifs is 2. The summed E-state index contributed by atoms with van der Waals surface area (Å²) < 4.78 is 0. The maximum absolute atomic E-state index is 6.50. The molecule has 28 heavy (non-hydrogen) atoms. The van der Waals surface area contributed by atoms with Crippen molar-refractivity contribution in [1.29, 1.82) is 0 Å². The van der Waals surface area contributed by atoms with Crippen molar-refractivity contribution < 1.29 is 0 Å². The lowest BCUT2D eigenvalue weighted by Gasteiger charge is -2.34. The second-order valence-electron chi connectivity index (χ2n) is 8.20. The molecule has 0 radical (unpaired) electrons. The molecule has 0 amide bonds. The molecular weight excluding hydrogens is 342 g/mol. The summed E-state index contributed by atoms with van der Waals surface area (Å²) in [6.07, 6.45) is 12.6. The van der Waals surface area contributed by atoms with E-state index in [0.29, 0.717) is 6.04 Å². The van der Waals surface area contributed by atoms with Gasteiger partial charge in [-0.2, -0.15) is 0 Å². The molecule has 2 unspecified atom stereocenters. The molecule has 0 saturated heterocycles. The Labute approximate surface area is 171 Å². The third-order valence-corrected chi connectivity index (χ3v) is 6.62. The Hall–Kier alpha value is -1.84. The third kappa shape index (κ3) is 3.97. The predicted molar refractivity (Wildman–Crippen MR) is 121 cm³/mol. The molecule has 0 aromatic heterocycles. The molecule has 1 aromatic rings. The lowest BCUT2D eigenvalue weighted by atomic mass is 9.70. The molecule has 3 heteroatoms. The Morgan fingerprint density at radius 2 is 2.07 bits per heavy atom. The Balaban J connectivity index is 1.63. The molecular formula is C25H37N3. The highest BCUT2D eigenvalue weighted by molar-refractivity contribution is 5.85. The van der Waals surface area contributed by atoms with Crippen molar-refractivity contribution in [2.45, 2.75) is 63.3 Å². The number of nitrogens with two attached hydrogens (primary N) is 1. The molecule has 0 aliphatic heterocycles. The summed E-state index contributed by atoms with van der Waals surface area (Å²) in [6.45, 7) is 8.64. The number of unbranched alkanes of at least 4 members (excludes halogenated alkanes) is 1. The zero-order chi connectivity index (χ0) is 20.0. The molecule has 3 nitrogen and oxygen atoms in total. The molecule has 3 rings (SSSR count). The van der Waals surface area contributed by atoms with Crippen molar-refractivity contribution in [2.75, 3.05) is 20.1 Å². The van der Waals surface area contributed by atoms with Crippen LogP contribution in [0.25, 0.3) is 5.57 Å². The number of nitrogens with one attached hydrogen (secondary N) is 2. The molecule has 2 aliphatic rings. The van der Waals surface area contributed by atoms with E-state index in [-0.39, 0.29) is 5.41 Å². The molecule has 0 fully saturated rings. The van der Waals surface area contributed by atoms with E-state index in [9.17, 15) is 0 Å². The highest BCUT2D eigenvalue weighted by Gasteiger charge is 2.45. The molecule has 0 bridgehead atoms. The van der Waals surface area contributed by atoms with Crippen molar-refractivity contribution in [3.05, 3.63) is 65.4 Å².